The number of hydrogen-bond donors (Lipinski definition) is 1. The van der Waals surface area contributed by atoms with Crippen molar-refractivity contribution >= 4 is 17.8 Å². The van der Waals surface area contributed by atoms with Gasteiger partial charge in [0, 0.05) is 39.8 Å². The molecule has 1 heterocycles. The van der Waals surface area contributed by atoms with Crippen molar-refractivity contribution in [3.63, 3.8) is 0 Å². The Balaban J connectivity index is 3.29. The van der Waals surface area contributed by atoms with Crippen molar-refractivity contribution in [1.82, 2.24) is 15.0 Å². The van der Waals surface area contributed by atoms with Crippen molar-refractivity contribution in [2.24, 2.45) is 0 Å². The Bertz CT molecular complexity index is 488. The van der Waals surface area contributed by atoms with Crippen molar-refractivity contribution in [3.05, 3.63) is 0 Å². The number of likely N-dealkylation sites (N-methyl/N-ethyl adjacent to an activating group) is 1. The van der Waals surface area contributed by atoms with Gasteiger partial charge < -0.3 is 19.8 Å². The number of nitrogens with zero attached hydrogens (tertiary/aromatic N) is 6. The minimum Gasteiger partial charge on any atom is -0.395 e. The Labute approximate surface area is 178 Å². The van der Waals surface area contributed by atoms with Crippen LogP contribution in [0.4, 0.5) is 17.8 Å². The maximum Gasteiger partial charge on any atom is 0.231 e. The molecule has 1 rings (SSSR count). The lowest BCUT2D eigenvalue weighted by atomic mass is 10.2. The second-order valence-corrected chi connectivity index (χ2v) is 7.77. The number of rotatable bonds is 17. The first-order valence-electron chi connectivity index (χ1n) is 11.7. The molecule has 0 saturated carbocycles. The summed E-state index contributed by atoms with van der Waals surface area (Å²) in [5.41, 5.74) is 0. The van der Waals surface area contributed by atoms with E-state index in [1.807, 2.05) is 11.9 Å². The minimum absolute atomic E-state index is 0.0810. The highest BCUT2D eigenvalue weighted by molar-refractivity contribution is 5.46. The molecule has 0 bridgehead atoms. The summed E-state index contributed by atoms with van der Waals surface area (Å²) in [6.07, 6.45) is 9.11. The smallest absolute Gasteiger partial charge is 0.231 e. The summed E-state index contributed by atoms with van der Waals surface area (Å²) < 4.78 is 0. The molecule has 0 fully saturated rings. The van der Waals surface area contributed by atoms with E-state index in [9.17, 15) is 5.11 Å². The van der Waals surface area contributed by atoms with Crippen LogP contribution >= 0.6 is 0 Å². The van der Waals surface area contributed by atoms with Gasteiger partial charge in [-0.15, -0.1) is 0 Å². The average molecular weight is 409 g/mol. The standard InChI is InChI=1S/C22H44N6O/c1-6-10-14-27(15-11-7-2)21-23-20(26(5)18-19-29)24-22(25-21)28(16-12-8-3)17-13-9-4/h29H,6-19H2,1-5H3. The topological polar surface area (TPSA) is 68.6 Å². The highest BCUT2D eigenvalue weighted by Gasteiger charge is 2.18. The van der Waals surface area contributed by atoms with Crippen LogP contribution in [0, 0.1) is 0 Å². The molecular formula is C22H44N6O. The summed E-state index contributed by atoms with van der Waals surface area (Å²) in [4.78, 5) is 21.1. The van der Waals surface area contributed by atoms with E-state index in [1.165, 1.54) is 0 Å². The van der Waals surface area contributed by atoms with Gasteiger partial charge >= 0.3 is 0 Å². The molecule has 0 radical (unpaired) electrons. The van der Waals surface area contributed by atoms with Gasteiger partial charge in [-0.1, -0.05) is 53.4 Å². The molecule has 7 heteroatoms. The van der Waals surface area contributed by atoms with Crippen LogP contribution < -0.4 is 14.7 Å². The maximum absolute atomic E-state index is 9.39. The Morgan fingerprint density at radius 1 is 0.586 bits per heavy atom. The summed E-state index contributed by atoms with van der Waals surface area (Å²) in [6.45, 7) is 13.3. The Morgan fingerprint density at radius 2 is 0.931 bits per heavy atom. The van der Waals surface area contributed by atoms with E-state index < -0.39 is 0 Å². The fraction of sp³-hybridized carbons (Fsp3) is 0.864. The number of hydrogen-bond acceptors (Lipinski definition) is 7. The van der Waals surface area contributed by atoms with Gasteiger partial charge in [0.25, 0.3) is 0 Å². The molecule has 0 aliphatic rings. The zero-order chi connectivity index (χ0) is 21.5. The van der Waals surface area contributed by atoms with Crippen molar-refractivity contribution in [1.29, 1.82) is 0 Å². The number of unbranched alkanes of at least 4 members (excludes halogenated alkanes) is 4. The van der Waals surface area contributed by atoms with Crippen molar-refractivity contribution in [3.8, 4) is 0 Å². The third-order valence-electron chi connectivity index (χ3n) is 5.07. The molecule has 7 nitrogen and oxygen atoms in total. The van der Waals surface area contributed by atoms with Crippen LogP contribution in [0.3, 0.4) is 0 Å². The van der Waals surface area contributed by atoms with Gasteiger partial charge in [-0.2, -0.15) is 15.0 Å². The highest BCUT2D eigenvalue weighted by atomic mass is 16.3. The lowest BCUT2D eigenvalue weighted by molar-refractivity contribution is 0.303. The fourth-order valence-electron chi connectivity index (χ4n) is 3.07. The molecule has 0 aliphatic heterocycles. The molecule has 1 aromatic heterocycles. The Kier molecular flexibility index (Phi) is 13.4. The van der Waals surface area contributed by atoms with Gasteiger partial charge in [-0.25, -0.2) is 0 Å². The van der Waals surface area contributed by atoms with Crippen molar-refractivity contribution < 1.29 is 5.11 Å². The SMILES string of the molecule is CCCCN(CCCC)c1nc(N(C)CCO)nc(N(CCCC)CCCC)n1. The zero-order valence-corrected chi connectivity index (χ0v) is 19.5. The molecule has 0 unspecified atom stereocenters. The summed E-state index contributed by atoms with van der Waals surface area (Å²) in [5, 5.41) is 9.39. The molecule has 29 heavy (non-hydrogen) atoms. The lowest BCUT2D eigenvalue weighted by Gasteiger charge is -2.28. The predicted molar refractivity (Wildman–Crippen MR) is 124 cm³/mol. The number of aromatic nitrogens is 3. The van der Waals surface area contributed by atoms with Crippen LogP contribution in [0.1, 0.15) is 79.1 Å². The first kappa shape index (κ1) is 25.4. The molecule has 0 aliphatic carbocycles. The first-order chi connectivity index (χ1) is 14.1. The number of anilines is 3. The van der Waals surface area contributed by atoms with Crippen LogP contribution in [0.25, 0.3) is 0 Å². The summed E-state index contributed by atoms with van der Waals surface area (Å²) in [6, 6.07) is 0. The van der Waals surface area contributed by atoms with Crippen LogP contribution in [-0.2, 0) is 0 Å². The molecular weight excluding hydrogens is 364 g/mol. The normalized spacial score (nSPS) is 11.0. The predicted octanol–water partition coefficient (Wildman–Crippen LogP) is 4.11. The quantitative estimate of drug-likeness (QED) is 0.416. The van der Waals surface area contributed by atoms with E-state index in [-0.39, 0.29) is 6.61 Å². The number of aliphatic hydroxyl groups is 1. The first-order valence-corrected chi connectivity index (χ1v) is 11.7. The second-order valence-electron chi connectivity index (χ2n) is 7.77. The van der Waals surface area contributed by atoms with Gasteiger partial charge in [0.2, 0.25) is 17.8 Å². The fourth-order valence-corrected chi connectivity index (χ4v) is 3.07. The van der Waals surface area contributed by atoms with Gasteiger partial charge in [-0.3, -0.25) is 0 Å². The average Bonchev–Trinajstić information content (AvgIpc) is 2.73. The summed E-state index contributed by atoms with van der Waals surface area (Å²) in [5.74, 6) is 2.19. The highest BCUT2D eigenvalue weighted by Crippen LogP contribution is 2.20. The van der Waals surface area contributed by atoms with Crippen molar-refractivity contribution in [2.45, 2.75) is 79.1 Å². The summed E-state index contributed by atoms with van der Waals surface area (Å²) >= 11 is 0. The van der Waals surface area contributed by atoms with E-state index in [4.69, 9.17) is 15.0 Å². The van der Waals surface area contributed by atoms with E-state index in [0.717, 1.165) is 89.4 Å². The van der Waals surface area contributed by atoms with E-state index in [0.29, 0.717) is 12.5 Å². The molecule has 1 N–H and O–H groups in total. The maximum atomic E-state index is 9.39. The van der Waals surface area contributed by atoms with Crippen molar-refractivity contribution in [2.75, 3.05) is 61.1 Å². The Hall–Kier alpha value is -1.63. The largest absolute Gasteiger partial charge is 0.395 e. The van der Waals surface area contributed by atoms with Crippen LogP contribution in [0.2, 0.25) is 0 Å². The third-order valence-corrected chi connectivity index (χ3v) is 5.07. The van der Waals surface area contributed by atoms with E-state index in [2.05, 4.69) is 37.5 Å². The van der Waals surface area contributed by atoms with Gasteiger partial charge in [0.15, 0.2) is 0 Å². The van der Waals surface area contributed by atoms with Crippen LogP contribution in [-0.4, -0.2) is 66.4 Å². The third kappa shape index (κ3) is 9.15. The molecule has 0 amide bonds. The molecule has 0 atom stereocenters. The van der Waals surface area contributed by atoms with Gasteiger partial charge in [-0.05, 0) is 25.7 Å². The molecule has 0 aromatic carbocycles. The second kappa shape index (κ2) is 15.2. The number of aliphatic hydroxyl groups excluding tert-OH is 1. The van der Waals surface area contributed by atoms with Crippen LogP contribution in [0.5, 0.6) is 0 Å². The van der Waals surface area contributed by atoms with Gasteiger partial charge in [0.1, 0.15) is 0 Å². The summed E-state index contributed by atoms with van der Waals surface area (Å²) in [7, 11) is 1.93. The monoisotopic (exact) mass is 408 g/mol. The molecule has 0 spiro atoms. The van der Waals surface area contributed by atoms with Crippen LogP contribution in [0.15, 0.2) is 0 Å². The zero-order valence-electron chi connectivity index (χ0n) is 19.5. The molecule has 168 valence electrons. The molecule has 0 saturated heterocycles. The van der Waals surface area contributed by atoms with E-state index in [1.54, 1.807) is 0 Å². The lowest BCUT2D eigenvalue weighted by Crippen LogP contribution is -2.33. The molecule has 1 aromatic rings. The van der Waals surface area contributed by atoms with E-state index >= 15 is 0 Å². The van der Waals surface area contributed by atoms with Gasteiger partial charge in [0.05, 0.1) is 6.61 Å². The minimum atomic E-state index is 0.0810. The Morgan fingerprint density at radius 3 is 1.24 bits per heavy atom.